The van der Waals surface area contributed by atoms with Crippen molar-refractivity contribution >= 4 is 23.2 Å². The Labute approximate surface area is 116 Å². The van der Waals surface area contributed by atoms with E-state index in [1.165, 1.54) is 0 Å². The Hall–Kier alpha value is -1.22. The third-order valence-electron chi connectivity index (χ3n) is 2.49. The van der Waals surface area contributed by atoms with Crippen LogP contribution in [0.4, 0.5) is 0 Å². The molecule has 0 bridgehead atoms. The first-order valence-electron chi connectivity index (χ1n) is 5.48. The van der Waals surface area contributed by atoms with Gasteiger partial charge in [-0.2, -0.15) is 0 Å². The summed E-state index contributed by atoms with van der Waals surface area (Å²) in [6.45, 7) is 1.69. The number of hydrogen-bond acceptors (Lipinski definition) is 2. The van der Waals surface area contributed by atoms with Crippen molar-refractivity contribution in [1.29, 1.82) is 0 Å². The van der Waals surface area contributed by atoms with Crippen LogP contribution in [0.2, 0.25) is 10.0 Å². The largest absolute Gasteiger partial charge is 0.457 e. The van der Waals surface area contributed by atoms with Crippen molar-refractivity contribution < 1.29 is 9.84 Å². The zero-order chi connectivity index (χ0) is 13.1. The normalized spacial score (nSPS) is 12.2. The lowest BCUT2D eigenvalue weighted by Crippen LogP contribution is -1.95. The molecule has 0 aromatic heterocycles. The topological polar surface area (TPSA) is 29.5 Å². The van der Waals surface area contributed by atoms with Gasteiger partial charge in [-0.3, -0.25) is 0 Å². The van der Waals surface area contributed by atoms with Crippen LogP contribution in [0.15, 0.2) is 42.5 Å². The van der Waals surface area contributed by atoms with Crippen molar-refractivity contribution in [3.8, 4) is 11.5 Å². The summed E-state index contributed by atoms with van der Waals surface area (Å²) >= 11 is 11.8. The smallest absolute Gasteiger partial charge is 0.133 e. The van der Waals surface area contributed by atoms with Crippen molar-refractivity contribution in [3.63, 3.8) is 0 Å². The average Bonchev–Trinajstić information content (AvgIpc) is 2.34. The van der Waals surface area contributed by atoms with E-state index in [-0.39, 0.29) is 0 Å². The molecule has 0 unspecified atom stereocenters. The van der Waals surface area contributed by atoms with Crippen LogP contribution in [-0.2, 0) is 0 Å². The Kier molecular flexibility index (Phi) is 4.12. The van der Waals surface area contributed by atoms with Crippen LogP contribution in [-0.4, -0.2) is 5.11 Å². The summed E-state index contributed by atoms with van der Waals surface area (Å²) in [6, 6.07) is 12.4. The van der Waals surface area contributed by atoms with Crippen LogP contribution in [0.5, 0.6) is 11.5 Å². The number of aliphatic hydroxyl groups excluding tert-OH is 1. The number of halogens is 2. The number of rotatable bonds is 3. The minimum Gasteiger partial charge on any atom is -0.457 e. The molecule has 1 N–H and O–H groups in total. The lowest BCUT2D eigenvalue weighted by Gasteiger charge is -2.13. The summed E-state index contributed by atoms with van der Waals surface area (Å²) in [6.07, 6.45) is -0.594. The van der Waals surface area contributed by atoms with Crippen LogP contribution in [0.3, 0.4) is 0 Å². The van der Waals surface area contributed by atoms with Gasteiger partial charge in [-0.05, 0) is 25.1 Å². The fraction of sp³-hybridized carbons (Fsp3) is 0.143. The van der Waals surface area contributed by atoms with Gasteiger partial charge < -0.3 is 9.84 Å². The Bertz CT molecular complexity index is 553. The summed E-state index contributed by atoms with van der Waals surface area (Å²) in [4.78, 5) is 0. The van der Waals surface area contributed by atoms with Crippen molar-refractivity contribution in [1.82, 2.24) is 0 Å². The molecule has 2 aromatic rings. The molecule has 2 aromatic carbocycles. The number of benzene rings is 2. The maximum Gasteiger partial charge on any atom is 0.133 e. The lowest BCUT2D eigenvalue weighted by molar-refractivity contribution is 0.195. The lowest BCUT2D eigenvalue weighted by atomic mass is 10.1. The molecule has 94 valence electrons. The molecule has 4 heteroatoms. The van der Waals surface area contributed by atoms with E-state index in [1.54, 1.807) is 31.2 Å². The van der Waals surface area contributed by atoms with Gasteiger partial charge in [0.15, 0.2) is 0 Å². The first-order chi connectivity index (χ1) is 8.58. The molecule has 0 saturated heterocycles. The monoisotopic (exact) mass is 282 g/mol. The summed E-state index contributed by atoms with van der Waals surface area (Å²) in [5, 5.41) is 10.6. The molecular weight excluding hydrogens is 271 g/mol. The molecule has 0 aliphatic carbocycles. The van der Waals surface area contributed by atoms with E-state index in [2.05, 4.69) is 0 Å². The van der Waals surface area contributed by atoms with Gasteiger partial charge >= 0.3 is 0 Å². The predicted octanol–water partition coefficient (Wildman–Crippen LogP) is 4.84. The highest BCUT2D eigenvalue weighted by molar-refractivity contribution is 6.42. The highest BCUT2D eigenvalue weighted by Gasteiger charge is 2.09. The van der Waals surface area contributed by atoms with Crippen LogP contribution in [0, 0.1) is 0 Å². The molecule has 0 heterocycles. The van der Waals surface area contributed by atoms with E-state index in [0.717, 1.165) is 5.56 Å². The van der Waals surface area contributed by atoms with E-state index >= 15 is 0 Å². The Balaban J connectivity index is 2.31. The van der Waals surface area contributed by atoms with E-state index in [9.17, 15) is 5.11 Å². The van der Waals surface area contributed by atoms with Crippen molar-refractivity contribution in [3.05, 3.63) is 58.1 Å². The number of ether oxygens (including phenoxy) is 1. The second kappa shape index (κ2) is 5.61. The van der Waals surface area contributed by atoms with E-state index in [0.29, 0.717) is 21.5 Å². The molecule has 0 saturated carbocycles. The Morgan fingerprint density at radius 1 is 1.06 bits per heavy atom. The van der Waals surface area contributed by atoms with E-state index < -0.39 is 6.10 Å². The molecule has 0 aliphatic heterocycles. The summed E-state index contributed by atoms with van der Waals surface area (Å²) < 4.78 is 5.70. The second-order valence-corrected chi connectivity index (χ2v) is 4.71. The number of para-hydroxylation sites is 1. The fourth-order valence-corrected chi connectivity index (χ4v) is 1.87. The minimum atomic E-state index is -0.594. The SMILES string of the molecule is C[C@H](O)c1ccccc1Oc1ccc(Cl)c(Cl)c1. The molecule has 1 atom stereocenters. The van der Waals surface area contributed by atoms with Gasteiger partial charge in [-0.1, -0.05) is 41.4 Å². The Morgan fingerprint density at radius 2 is 1.78 bits per heavy atom. The molecular formula is C14H12Cl2O2. The predicted molar refractivity (Wildman–Crippen MR) is 73.6 cm³/mol. The van der Waals surface area contributed by atoms with Gasteiger partial charge in [-0.25, -0.2) is 0 Å². The first-order valence-corrected chi connectivity index (χ1v) is 6.23. The van der Waals surface area contributed by atoms with Gasteiger partial charge in [0.2, 0.25) is 0 Å². The molecule has 0 fully saturated rings. The van der Waals surface area contributed by atoms with Crippen molar-refractivity contribution in [2.75, 3.05) is 0 Å². The van der Waals surface area contributed by atoms with Crippen molar-refractivity contribution in [2.24, 2.45) is 0 Å². The summed E-state index contributed by atoms with van der Waals surface area (Å²) in [7, 11) is 0. The molecule has 0 radical (unpaired) electrons. The Morgan fingerprint density at radius 3 is 2.44 bits per heavy atom. The maximum absolute atomic E-state index is 9.65. The zero-order valence-electron chi connectivity index (χ0n) is 9.73. The molecule has 18 heavy (non-hydrogen) atoms. The van der Waals surface area contributed by atoms with Crippen LogP contribution >= 0.6 is 23.2 Å². The van der Waals surface area contributed by atoms with E-state index in [1.807, 2.05) is 18.2 Å². The molecule has 0 aliphatic rings. The van der Waals surface area contributed by atoms with Crippen LogP contribution < -0.4 is 4.74 Å². The number of aliphatic hydroxyl groups is 1. The highest BCUT2D eigenvalue weighted by atomic mass is 35.5. The quantitative estimate of drug-likeness (QED) is 0.873. The maximum atomic E-state index is 9.65. The van der Waals surface area contributed by atoms with Gasteiger partial charge in [0, 0.05) is 11.6 Å². The molecule has 0 spiro atoms. The standard InChI is InChI=1S/C14H12Cl2O2/c1-9(17)11-4-2-3-5-14(11)18-10-6-7-12(15)13(16)8-10/h2-9,17H,1H3/t9-/m0/s1. The van der Waals surface area contributed by atoms with Gasteiger partial charge in [0.05, 0.1) is 16.1 Å². The average molecular weight is 283 g/mol. The number of hydrogen-bond donors (Lipinski definition) is 1. The third kappa shape index (κ3) is 2.96. The fourth-order valence-electron chi connectivity index (χ4n) is 1.59. The highest BCUT2D eigenvalue weighted by Crippen LogP contribution is 2.32. The summed E-state index contributed by atoms with van der Waals surface area (Å²) in [5.41, 5.74) is 0.726. The van der Waals surface area contributed by atoms with Gasteiger partial charge in [0.1, 0.15) is 11.5 Å². The molecule has 0 amide bonds. The zero-order valence-corrected chi connectivity index (χ0v) is 11.2. The van der Waals surface area contributed by atoms with Gasteiger partial charge in [0.25, 0.3) is 0 Å². The van der Waals surface area contributed by atoms with Gasteiger partial charge in [-0.15, -0.1) is 0 Å². The van der Waals surface area contributed by atoms with Crippen LogP contribution in [0.1, 0.15) is 18.6 Å². The second-order valence-electron chi connectivity index (χ2n) is 3.89. The van der Waals surface area contributed by atoms with Crippen LogP contribution in [0.25, 0.3) is 0 Å². The van der Waals surface area contributed by atoms with E-state index in [4.69, 9.17) is 27.9 Å². The third-order valence-corrected chi connectivity index (χ3v) is 3.23. The minimum absolute atomic E-state index is 0.434. The van der Waals surface area contributed by atoms with Crippen molar-refractivity contribution in [2.45, 2.75) is 13.0 Å². The first kappa shape index (κ1) is 13.2. The molecule has 2 nitrogen and oxygen atoms in total. The molecule has 2 rings (SSSR count). The summed E-state index contributed by atoms with van der Waals surface area (Å²) in [5.74, 6) is 1.18.